The lowest BCUT2D eigenvalue weighted by Crippen LogP contribution is -2.37. The van der Waals surface area contributed by atoms with Crippen molar-refractivity contribution in [3.63, 3.8) is 0 Å². The monoisotopic (exact) mass is 333 g/mol. The fourth-order valence-corrected chi connectivity index (χ4v) is 1.90. The van der Waals surface area contributed by atoms with E-state index in [-0.39, 0.29) is 25.0 Å². The van der Waals surface area contributed by atoms with Gasteiger partial charge in [0.05, 0.1) is 13.7 Å². The number of anilines is 1. The van der Waals surface area contributed by atoms with Crippen molar-refractivity contribution < 1.29 is 23.6 Å². The molecule has 24 heavy (non-hydrogen) atoms. The molecule has 1 N–H and O–H groups in total. The van der Waals surface area contributed by atoms with Crippen molar-refractivity contribution in [2.45, 2.75) is 6.92 Å². The predicted octanol–water partition coefficient (Wildman–Crippen LogP) is 1.47. The zero-order chi connectivity index (χ0) is 17.5. The summed E-state index contributed by atoms with van der Waals surface area (Å²) >= 11 is 0. The number of aromatic nitrogens is 1. The Balaban J connectivity index is 1.82. The summed E-state index contributed by atoms with van der Waals surface area (Å²) in [6.45, 7) is 1.39. The standard InChI is InChI=1S/C16H19N3O5/c1-11-8-14(18-24-11)17-15(20)9-19(2)16(21)10-23-13-7-5-4-6-12(13)22-3/h4-8H,9-10H2,1-3H3,(H,17,18,20). The van der Waals surface area contributed by atoms with Crippen molar-refractivity contribution >= 4 is 17.6 Å². The van der Waals surface area contributed by atoms with Crippen LogP contribution in [0.3, 0.4) is 0 Å². The second-order valence-electron chi connectivity index (χ2n) is 5.06. The molecule has 0 aliphatic rings. The van der Waals surface area contributed by atoms with Crippen molar-refractivity contribution in [3.8, 4) is 11.5 Å². The van der Waals surface area contributed by atoms with E-state index in [1.165, 1.54) is 19.1 Å². The maximum atomic E-state index is 12.1. The molecule has 0 aliphatic carbocycles. The molecule has 0 saturated heterocycles. The summed E-state index contributed by atoms with van der Waals surface area (Å²) < 4.78 is 15.4. The number of carbonyl (C=O) groups excluding carboxylic acids is 2. The third kappa shape index (κ3) is 4.73. The number of methoxy groups -OCH3 is 1. The number of ether oxygens (including phenoxy) is 2. The zero-order valence-corrected chi connectivity index (χ0v) is 13.7. The lowest BCUT2D eigenvalue weighted by atomic mass is 10.3. The molecule has 2 amide bonds. The van der Waals surface area contributed by atoms with E-state index in [2.05, 4.69) is 10.5 Å². The molecule has 1 aromatic heterocycles. The van der Waals surface area contributed by atoms with Gasteiger partial charge in [0.25, 0.3) is 5.91 Å². The minimum absolute atomic E-state index is 0.125. The highest BCUT2D eigenvalue weighted by Gasteiger charge is 2.15. The Kier molecular flexibility index (Phi) is 5.78. The van der Waals surface area contributed by atoms with Gasteiger partial charge in [-0.15, -0.1) is 0 Å². The van der Waals surface area contributed by atoms with E-state index in [4.69, 9.17) is 14.0 Å². The van der Waals surface area contributed by atoms with Crippen molar-refractivity contribution in [2.75, 3.05) is 32.6 Å². The molecule has 0 atom stereocenters. The summed E-state index contributed by atoms with van der Waals surface area (Å²) in [4.78, 5) is 25.2. The van der Waals surface area contributed by atoms with Crippen molar-refractivity contribution in [2.24, 2.45) is 0 Å². The van der Waals surface area contributed by atoms with Gasteiger partial charge in [-0.1, -0.05) is 17.3 Å². The van der Waals surface area contributed by atoms with Crippen molar-refractivity contribution in [3.05, 3.63) is 36.1 Å². The van der Waals surface area contributed by atoms with Crippen molar-refractivity contribution in [1.82, 2.24) is 10.1 Å². The van der Waals surface area contributed by atoms with Crippen LogP contribution in [0.2, 0.25) is 0 Å². The molecule has 0 spiro atoms. The average molecular weight is 333 g/mol. The summed E-state index contributed by atoms with van der Waals surface area (Å²) in [5.74, 6) is 1.17. The summed E-state index contributed by atoms with van der Waals surface area (Å²) in [7, 11) is 3.04. The first kappa shape index (κ1) is 17.3. The van der Waals surface area contributed by atoms with Crippen LogP contribution < -0.4 is 14.8 Å². The van der Waals surface area contributed by atoms with Crippen LogP contribution in [0.15, 0.2) is 34.9 Å². The van der Waals surface area contributed by atoms with Crippen LogP contribution >= 0.6 is 0 Å². The van der Waals surface area contributed by atoms with Crippen molar-refractivity contribution in [1.29, 1.82) is 0 Å². The number of nitrogens with zero attached hydrogens (tertiary/aromatic N) is 2. The van der Waals surface area contributed by atoms with Gasteiger partial charge in [0.2, 0.25) is 5.91 Å². The number of rotatable bonds is 7. The topological polar surface area (TPSA) is 93.9 Å². The van der Waals surface area contributed by atoms with Crippen LogP contribution in [-0.4, -0.2) is 49.2 Å². The SMILES string of the molecule is COc1ccccc1OCC(=O)N(C)CC(=O)Nc1cc(C)on1. The fraction of sp³-hybridized carbons (Fsp3) is 0.312. The number of nitrogens with one attached hydrogen (secondary N) is 1. The molecule has 1 heterocycles. The third-order valence-electron chi connectivity index (χ3n) is 3.12. The summed E-state index contributed by atoms with van der Waals surface area (Å²) in [5, 5.41) is 6.20. The second-order valence-corrected chi connectivity index (χ2v) is 5.06. The molecule has 8 heteroatoms. The van der Waals surface area contributed by atoms with Gasteiger partial charge in [0, 0.05) is 13.1 Å². The number of hydrogen-bond acceptors (Lipinski definition) is 6. The minimum atomic E-state index is -0.378. The van der Waals surface area contributed by atoms with Gasteiger partial charge in [0.1, 0.15) is 5.76 Å². The second kappa shape index (κ2) is 8.00. The molecule has 2 aromatic rings. The molecule has 1 aromatic carbocycles. The van der Waals surface area contributed by atoms with Crippen LogP contribution in [0.4, 0.5) is 5.82 Å². The average Bonchev–Trinajstić information content (AvgIpc) is 2.97. The van der Waals surface area contributed by atoms with Gasteiger partial charge >= 0.3 is 0 Å². The number of carbonyl (C=O) groups is 2. The molecular weight excluding hydrogens is 314 g/mol. The number of hydrogen-bond donors (Lipinski definition) is 1. The molecular formula is C16H19N3O5. The first-order valence-electron chi connectivity index (χ1n) is 7.22. The van der Waals surface area contributed by atoms with E-state index in [0.29, 0.717) is 23.1 Å². The number of amides is 2. The fourth-order valence-electron chi connectivity index (χ4n) is 1.90. The zero-order valence-electron chi connectivity index (χ0n) is 13.7. The number of benzene rings is 1. The van der Waals surface area contributed by atoms with Crippen LogP contribution in [0.5, 0.6) is 11.5 Å². The van der Waals surface area contributed by atoms with Crippen LogP contribution in [0, 0.1) is 6.92 Å². The molecule has 0 fully saturated rings. The normalized spacial score (nSPS) is 10.1. The first-order valence-corrected chi connectivity index (χ1v) is 7.22. The Morgan fingerprint density at radius 1 is 1.29 bits per heavy atom. The highest BCUT2D eigenvalue weighted by atomic mass is 16.5. The summed E-state index contributed by atoms with van der Waals surface area (Å²) in [6.07, 6.45) is 0. The minimum Gasteiger partial charge on any atom is -0.493 e. The molecule has 0 unspecified atom stereocenters. The van der Waals surface area contributed by atoms with Gasteiger partial charge < -0.3 is 24.2 Å². The van der Waals surface area contributed by atoms with E-state index in [1.807, 2.05) is 0 Å². The first-order chi connectivity index (χ1) is 11.5. The maximum Gasteiger partial charge on any atom is 0.260 e. The Bertz CT molecular complexity index is 713. The maximum absolute atomic E-state index is 12.1. The van der Waals surface area contributed by atoms with Gasteiger partial charge in [-0.05, 0) is 19.1 Å². The highest BCUT2D eigenvalue weighted by molar-refractivity contribution is 5.93. The van der Waals surface area contributed by atoms with Crippen LogP contribution in [0.25, 0.3) is 0 Å². The molecule has 0 bridgehead atoms. The number of para-hydroxylation sites is 2. The Morgan fingerprint density at radius 3 is 2.62 bits per heavy atom. The lowest BCUT2D eigenvalue weighted by Gasteiger charge is -2.17. The molecule has 0 radical (unpaired) electrons. The Labute approximate surface area is 139 Å². The third-order valence-corrected chi connectivity index (χ3v) is 3.12. The predicted molar refractivity (Wildman–Crippen MR) is 86.0 cm³/mol. The number of aryl methyl sites for hydroxylation is 1. The van der Waals surface area contributed by atoms with E-state index in [1.54, 1.807) is 37.3 Å². The lowest BCUT2D eigenvalue weighted by molar-refractivity contribution is -0.135. The van der Waals surface area contributed by atoms with E-state index >= 15 is 0 Å². The largest absolute Gasteiger partial charge is 0.493 e. The summed E-state index contributed by atoms with van der Waals surface area (Å²) in [5.41, 5.74) is 0. The highest BCUT2D eigenvalue weighted by Crippen LogP contribution is 2.25. The Morgan fingerprint density at radius 2 is 2.00 bits per heavy atom. The van der Waals surface area contributed by atoms with E-state index in [9.17, 15) is 9.59 Å². The van der Waals surface area contributed by atoms with E-state index in [0.717, 1.165) is 0 Å². The van der Waals surface area contributed by atoms with E-state index < -0.39 is 0 Å². The van der Waals surface area contributed by atoms with Gasteiger partial charge in [-0.2, -0.15) is 0 Å². The smallest absolute Gasteiger partial charge is 0.260 e. The quantitative estimate of drug-likeness (QED) is 0.824. The molecule has 128 valence electrons. The summed E-state index contributed by atoms with van der Waals surface area (Å²) in [6, 6.07) is 8.60. The molecule has 2 rings (SSSR count). The van der Waals surface area contributed by atoms with Crippen LogP contribution in [0.1, 0.15) is 5.76 Å². The molecule has 0 aliphatic heterocycles. The Hall–Kier alpha value is -3.03. The van der Waals surface area contributed by atoms with Gasteiger partial charge in [-0.3, -0.25) is 9.59 Å². The van der Waals surface area contributed by atoms with Gasteiger partial charge in [0.15, 0.2) is 23.9 Å². The van der Waals surface area contributed by atoms with Crippen LogP contribution in [-0.2, 0) is 9.59 Å². The molecule has 0 saturated carbocycles. The van der Waals surface area contributed by atoms with Gasteiger partial charge in [-0.25, -0.2) is 0 Å². The molecule has 8 nitrogen and oxygen atoms in total. The number of likely N-dealkylation sites (N-methyl/N-ethyl adjacent to an activating group) is 1.